The molecule has 6 heteroatoms. The van der Waals surface area contributed by atoms with Crippen molar-refractivity contribution in [1.29, 1.82) is 0 Å². The molecule has 1 aromatic rings. The standard InChI is InChI=1S/C13H18ClNO3S/c1-13(2)10-15(6-7-18-13)19(16,17)12-5-3-4-11(8-12)9-14/h3-5,8H,6-7,9-10H2,1-2H3. The fourth-order valence-electron chi connectivity index (χ4n) is 2.12. The molecular formula is C13H18ClNO3S. The van der Waals surface area contributed by atoms with Gasteiger partial charge in [-0.05, 0) is 31.5 Å². The van der Waals surface area contributed by atoms with E-state index < -0.39 is 15.6 Å². The summed E-state index contributed by atoms with van der Waals surface area (Å²) in [5, 5.41) is 0. The van der Waals surface area contributed by atoms with Crippen molar-refractivity contribution in [3.63, 3.8) is 0 Å². The van der Waals surface area contributed by atoms with Gasteiger partial charge in [0.2, 0.25) is 10.0 Å². The molecule has 0 saturated carbocycles. The van der Waals surface area contributed by atoms with Gasteiger partial charge >= 0.3 is 0 Å². The van der Waals surface area contributed by atoms with Gasteiger partial charge in [-0.25, -0.2) is 8.42 Å². The Labute approximate surface area is 119 Å². The van der Waals surface area contributed by atoms with Crippen LogP contribution in [0.4, 0.5) is 0 Å². The number of ether oxygens (including phenoxy) is 1. The fraction of sp³-hybridized carbons (Fsp3) is 0.538. The molecule has 2 rings (SSSR count). The van der Waals surface area contributed by atoms with Gasteiger partial charge < -0.3 is 4.74 Å². The molecule has 1 fully saturated rings. The van der Waals surface area contributed by atoms with Crippen LogP contribution in [0.3, 0.4) is 0 Å². The molecule has 1 aliphatic rings. The number of benzene rings is 1. The Morgan fingerprint density at radius 2 is 2.16 bits per heavy atom. The number of sulfonamides is 1. The van der Waals surface area contributed by atoms with Gasteiger partial charge in [0.1, 0.15) is 0 Å². The topological polar surface area (TPSA) is 46.6 Å². The molecule has 1 saturated heterocycles. The first-order chi connectivity index (χ1) is 8.85. The van der Waals surface area contributed by atoms with E-state index in [-0.39, 0.29) is 0 Å². The van der Waals surface area contributed by atoms with Crippen molar-refractivity contribution in [2.75, 3.05) is 19.7 Å². The maximum Gasteiger partial charge on any atom is 0.243 e. The highest BCUT2D eigenvalue weighted by Crippen LogP contribution is 2.24. The van der Waals surface area contributed by atoms with Gasteiger partial charge in [0.05, 0.1) is 17.1 Å². The summed E-state index contributed by atoms with van der Waals surface area (Å²) < 4.78 is 32.2. The van der Waals surface area contributed by atoms with Crippen molar-refractivity contribution in [3.05, 3.63) is 29.8 Å². The highest BCUT2D eigenvalue weighted by atomic mass is 35.5. The summed E-state index contributed by atoms with van der Waals surface area (Å²) in [6, 6.07) is 6.77. The average Bonchev–Trinajstić information content (AvgIpc) is 2.37. The van der Waals surface area contributed by atoms with Crippen molar-refractivity contribution in [2.45, 2.75) is 30.2 Å². The lowest BCUT2D eigenvalue weighted by molar-refractivity contribution is -0.0640. The summed E-state index contributed by atoms with van der Waals surface area (Å²) in [6.45, 7) is 4.95. The van der Waals surface area contributed by atoms with Crippen LogP contribution in [0.15, 0.2) is 29.2 Å². The second kappa shape index (κ2) is 5.40. The first-order valence-electron chi connectivity index (χ1n) is 6.14. The molecule has 0 atom stereocenters. The van der Waals surface area contributed by atoms with E-state index in [1.165, 1.54) is 4.31 Å². The molecule has 0 bridgehead atoms. The van der Waals surface area contributed by atoms with Crippen LogP contribution >= 0.6 is 11.6 Å². The number of halogens is 1. The Balaban J connectivity index is 2.31. The Bertz CT molecular complexity index is 557. The van der Waals surface area contributed by atoms with Gasteiger partial charge in [-0.2, -0.15) is 4.31 Å². The summed E-state index contributed by atoms with van der Waals surface area (Å²) in [6.07, 6.45) is 0. The van der Waals surface area contributed by atoms with Crippen LogP contribution in [0.25, 0.3) is 0 Å². The average molecular weight is 304 g/mol. The van der Waals surface area contributed by atoms with Crippen molar-refractivity contribution in [2.24, 2.45) is 0 Å². The normalized spacial score (nSPS) is 20.4. The van der Waals surface area contributed by atoms with Crippen LogP contribution in [-0.4, -0.2) is 38.0 Å². The minimum absolute atomic E-state index is 0.295. The molecule has 0 radical (unpaired) electrons. The lowest BCUT2D eigenvalue weighted by Crippen LogP contribution is -2.50. The van der Waals surface area contributed by atoms with Gasteiger partial charge in [-0.15, -0.1) is 11.6 Å². The van der Waals surface area contributed by atoms with Crippen LogP contribution in [0.1, 0.15) is 19.4 Å². The Hall–Kier alpha value is -0.620. The second-order valence-electron chi connectivity index (χ2n) is 5.23. The summed E-state index contributed by atoms with van der Waals surface area (Å²) in [7, 11) is -3.47. The molecule has 0 N–H and O–H groups in total. The Kier molecular flexibility index (Phi) is 4.20. The predicted molar refractivity (Wildman–Crippen MR) is 74.8 cm³/mol. The minimum atomic E-state index is -3.47. The lowest BCUT2D eigenvalue weighted by Gasteiger charge is -2.37. The first kappa shape index (κ1) is 14.8. The SMILES string of the molecule is CC1(C)CN(S(=O)(=O)c2cccc(CCl)c2)CCO1. The molecule has 0 unspecified atom stereocenters. The van der Waals surface area contributed by atoms with Gasteiger partial charge in [0.15, 0.2) is 0 Å². The van der Waals surface area contributed by atoms with E-state index in [0.717, 1.165) is 5.56 Å². The first-order valence-corrected chi connectivity index (χ1v) is 8.12. The molecular weight excluding hydrogens is 286 g/mol. The Morgan fingerprint density at radius 1 is 1.42 bits per heavy atom. The number of morpholine rings is 1. The lowest BCUT2D eigenvalue weighted by atomic mass is 10.1. The van der Waals surface area contributed by atoms with Crippen LogP contribution in [0.2, 0.25) is 0 Å². The van der Waals surface area contributed by atoms with E-state index in [1.807, 2.05) is 19.9 Å². The predicted octanol–water partition coefficient (Wildman–Crippen LogP) is 2.22. The van der Waals surface area contributed by atoms with Crippen molar-refractivity contribution < 1.29 is 13.2 Å². The summed E-state index contributed by atoms with van der Waals surface area (Å²) in [5.41, 5.74) is 0.352. The monoisotopic (exact) mass is 303 g/mol. The van der Waals surface area contributed by atoms with E-state index in [4.69, 9.17) is 16.3 Å². The van der Waals surface area contributed by atoms with Crippen molar-refractivity contribution in [1.82, 2.24) is 4.31 Å². The zero-order valence-electron chi connectivity index (χ0n) is 11.1. The molecule has 1 aromatic carbocycles. The highest BCUT2D eigenvalue weighted by Gasteiger charge is 2.34. The molecule has 19 heavy (non-hydrogen) atoms. The van der Waals surface area contributed by atoms with Crippen LogP contribution in [0, 0.1) is 0 Å². The van der Waals surface area contributed by atoms with E-state index in [2.05, 4.69) is 0 Å². The number of nitrogens with zero attached hydrogens (tertiary/aromatic N) is 1. The van der Waals surface area contributed by atoms with Crippen molar-refractivity contribution in [3.8, 4) is 0 Å². The maximum atomic E-state index is 12.6. The largest absolute Gasteiger partial charge is 0.373 e. The number of alkyl halides is 1. The maximum absolute atomic E-state index is 12.6. The highest BCUT2D eigenvalue weighted by molar-refractivity contribution is 7.89. The van der Waals surface area contributed by atoms with Crippen LogP contribution in [0.5, 0.6) is 0 Å². The third kappa shape index (κ3) is 3.28. The van der Waals surface area contributed by atoms with E-state index in [0.29, 0.717) is 30.5 Å². The van der Waals surface area contributed by atoms with Crippen LogP contribution < -0.4 is 0 Å². The number of rotatable bonds is 3. The van der Waals surface area contributed by atoms with E-state index in [1.54, 1.807) is 18.2 Å². The smallest absolute Gasteiger partial charge is 0.243 e. The molecule has 0 amide bonds. The number of hydrogen-bond acceptors (Lipinski definition) is 3. The number of hydrogen-bond donors (Lipinski definition) is 0. The summed E-state index contributed by atoms with van der Waals surface area (Å²) >= 11 is 5.75. The fourth-order valence-corrected chi connectivity index (χ4v) is 3.93. The van der Waals surface area contributed by atoms with E-state index in [9.17, 15) is 8.42 Å². The third-order valence-corrected chi connectivity index (χ3v) is 5.23. The molecule has 1 aliphatic heterocycles. The minimum Gasteiger partial charge on any atom is -0.373 e. The van der Waals surface area contributed by atoms with Gasteiger partial charge in [0, 0.05) is 19.0 Å². The molecule has 106 valence electrons. The third-order valence-electron chi connectivity index (χ3n) is 3.08. The molecule has 0 spiro atoms. The second-order valence-corrected chi connectivity index (χ2v) is 7.43. The van der Waals surface area contributed by atoms with Crippen molar-refractivity contribution >= 4 is 21.6 Å². The molecule has 0 aromatic heterocycles. The zero-order chi connectivity index (χ0) is 14.1. The molecule has 4 nitrogen and oxygen atoms in total. The van der Waals surface area contributed by atoms with Gasteiger partial charge in [-0.1, -0.05) is 12.1 Å². The zero-order valence-corrected chi connectivity index (χ0v) is 12.7. The Morgan fingerprint density at radius 3 is 2.79 bits per heavy atom. The van der Waals surface area contributed by atoms with Crippen LogP contribution in [-0.2, 0) is 20.6 Å². The van der Waals surface area contributed by atoms with Gasteiger partial charge in [0.25, 0.3) is 0 Å². The van der Waals surface area contributed by atoms with E-state index >= 15 is 0 Å². The van der Waals surface area contributed by atoms with Gasteiger partial charge in [-0.3, -0.25) is 0 Å². The summed E-state index contributed by atoms with van der Waals surface area (Å²) in [5.74, 6) is 0.304. The molecule has 1 heterocycles. The summed E-state index contributed by atoms with van der Waals surface area (Å²) in [4.78, 5) is 0.295. The quantitative estimate of drug-likeness (QED) is 0.805. The molecule has 0 aliphatic carbocycles.